The van der Waals surface area contributed by atoms with Gasteiger partial charge in [0.25, 0.3) is 0 Å². The number of rotatable bonds is 6. The number of aromatic nitrogens is 3. The Morgan fingerprint density at radius 1 is 1.15 bits per heavy atom. The fourth-order valence-electron chi connectivity index (χ4n) is 3.55. The average molecular weight is 469 g/mol. The summed E-state index contributed by atoms with van der Waals surface area (Å²) >= 11 is 1.33. The molecule has 1 aromatic carbocycles. The molecule has 170 valence electrons. The number of hydrogen-bond donors (Lipinski definition) is 1. The normalized spacial score (nSPS) is 14.0. The molecule has 1 aliphatic rings. The Hall–Kier alpha value is -3.57. The third-order valence-corrected chi connectivity index (χ3v) is 6.39. The van der Waals surface area contributed by atoms with E-state index in [1.807, 2.05) is 0 Å². The maximum Gasteiger partial charge on any atom is 0.349 e. The number of amides is 1. The SMILES string of the molecule is O=C(Cn1c(=O)nc(-c2ccco2)c2nc(N3CCOCC3)sc21)NCc1ccc(F)cc1. The molecule has 1 saturated heterocycles. The van der Waals surface area contributed by atoms with E-state index in [1.165, 1.54) is 34.3 Å². The minimum Gasteiger partial charge on any atom is -0.463 e. The highest BCUT2D eigenvalue weighted by molar-refractivity contribution is 7.22. The molecule has 4 heterocycles. The number of furan rings is 1. The number of carbonyl (C=O) groups is 1. The van der Waals surface area contributed by atoms with Crippen LogP contribution in [-0.4, -0.2) is 46.7 Å². The van der Waals surface area contributed by atoms with Crippen LogP contribution in [0.4, 0.5) is 9.52 Å². The van der Waals surface area contributed by atoms with E-state index in [0.717, 1.165) is 10.7 Å². The molecule has 11 heteroatoms. The lowest BCUT2D eigenvalue weighted by atomic mass is 10.2. The monoisotopic (exact) mass is 469 g/mol. The van der Waals surface area contributed by atoms with Crippen molar-refractivity contribution < 1.29 is 18.3 Å². The smallest absolute Gasteiger partial charge is 0.349 e. The van der Waals surface area contributed by atoms with Gasteiger partial charge in [0.15, 0.2) is 10.9 Å². The second-order valence-electron chi connectivity index (χ2n) is 7.46. The number of nitrogens with one attached hydrogen (secondary N) is 1. The number of anilines is 1. The van der Waals surface area contributed by atoms with Crippen LogP contribution in [0.15, 0.2) is 51.9 Å². The molecule has 1 fully saturated rings. The minimum atomic E-state index is -0.567. The summed E-state index contributed by atoms with van der Waals surface area (Å²) in [6.07, 6.45) is 1.51. The Bertz CT molecular complexity index is 1330. The zero-order valence-electron chi connectivity index (χ0n) is 17.5. The molecule has 0 bridgehead atoms. The fourth-order valence-corrected chi connectivity index (χ4v) is 4.66. The molecule has 1 aliphatic heterocycles. The van der Waals surface area contributed by atoms with Crippen molar-refractivity contribution in [3.63, 3.8) is 0 Å². The third kappa shape index (κ3) is 4.50. The van der Waals surface area contributed by atoms with Gasteiger partial charge in [-0.1, -0.05) is 23.5 Å². The van der Waals surface area contributed by atoms with E-state index in [0.29, 0.717) is 48.1 Å². The summed E-state index contributed by atoms with van der Waals surface area (Å²) in [7, 11) is 0. The van der Waals surface area contributed by atoms with Crippen molar-refractivity contribution in [1.29, 1.82) is 0 Å². The van der Waals surface area contributed by atoms with E-state index in [9.17, 15) is 14.0 Å². The maximum atomic E-state index is 13.1. The number of halogens is 1. The van der Waals surface area contributed by atoms with Gasteiger partial charge in [-0.15, -0.1) is 0 Å². The van der Waals surface area contributed by atoms with E-state index in [1.54, 1.807) is 24.3 Å². The maximum absolute atomic E-state index is 13.1. The lowest BCUT2D eigenvalue weighted by Crippen LogP contribution is -2.36. The van der Waals surface area contributed by atoms with E-state index < -0.39 is 5.69 Å². The van der Waals surface area contributed by atoms with Gasteiger partial charge in [-0.25, -0.2) is 14.2 Å². The summed E-state index contributed by atoms with van der Waals surface area (Å²) in [6.45, 7) is 2.57. The summed E-state index contributed by atoms with van der Waals surface area (Å²) in [5.74, 6) is -0.275. The number of morpholine rings is 1. The standard InChI is InChI=1S/C22H20FN5O4S/c23-15-5-3-14(4-6-15)12-24-17(29)13-28-20-19(18(25-21(28)30)16-2-1-9-32-16)26-22(33-20)27-7-10-31-11-8-27/h1-6,9H,7-8,10-13H2,(H,24,29). The number of hydrogen-bond acceptors (Lipinski definition) is 8. The van der Waals surface area contributed by atoms with Crippen LogP contribution >= 0.6 is 11.3 Å². The number of nitrogens with zero attached hydrogens (tertiary/aromatic N) is 4. The van der Waals surface area contributed by atoms with Crippen LogP contribution in [0.2, 0.25) is 0 Å². The Balaban J connectivity index is 1.47. The number of carbonyl (C=O) groups excluding carboxylic acids is 1. The van der Waals surface area contributed by atoms with E-state index >= 15 is 0 Å². The van der Waals surface area contributed by atoms with E-state index in [-0.39, 0.29) is 24.8 Å². The van der Waals surface area contributed by atoms with Crippen LogP contribution in [0, 0.1) is 5.82 Å². The Morgan fingerprint density at radius 2 is 1.94 bits per heavy atom. The van der Waals surface area contributed by atoms with E-state index in [2.05, 4.69) is 15.2 Å². The van der Waals surface area contributed by atoms with Crippen LogP contribution < -0.4 is 15.9 Å². The molecule has 33 heavy (non-hydrogen) atoms. The average Bonchev–Trinajstić information content (AvgIpc) is 3.52. The molecule has 0 unspecified atom stereocenters. The predicted molar refractivity (Wildman–Crippen MR) is 121 cm³/mol. The highest BCUT2D eigenvalue weighted by Gasteiger charge is 2.23. The summed E-state index contributed by atoms with van der Waals surface area (Å²) in [6, 6.07) is 9.28. The van der Waals surface area contributed by atoms with Crippen molar-refractivity contribution in [2.24, 2.45) is 0 Å². The molecule has 0 saturated carbocycles. The van der Waals surface area contributed by atoms with Gasteiger partial charge in [-0.05, 0) is 29.8 Å². The van der Waals surface area contributed by atoms with Crippen LogP contribution in [0.25, 0.3) is 21.8 Å². The van der Waals surface area contributed by atoms with Crippen molar-refractivity contribution in [3.05, 3.63) is 64.5 Å². The molecule has 1 amide bonds. The van der Waals surface area contributed by atoms with Crippen molar-refractivity contribution in [1.82, 2.24) is 19.9 Å². The first-order chi connectivity index (χ1) is 16.1. The second kappa shape index (κ2) is 9.12. The van der Waals surface area contributed by atoms with Gasteiger partial charge in [0, 0.05) is 19.6 Å². The topological polar surface area (TPSA) is 102 Å². The Labute approximate surface area is 191 Å². The Morgan fingerprint density at radius 3 is 2.67 bits per heavy atom. The van der Waals surface area contributed by atoms with Crippen molar-refractivity contribution in [2.45, 2.75) is 13.1 Å². The van der Waals surface area contributed by atoms with Gasteiger partial charge in [-0.3, -0.25) is 9.36 Å². The number of fused-ring (bicyclic) bond motifs is 1. The van der Waals surface area contributed by atoms with Gasteiger partial charge in [0.1, 0.15) is 28.4 Å². The quantitative estimate of drug-likeness (QED) is 0.463. The van der Waals surface area contributed by atoms with Crippen LogP contribution in [0.1, 0.15) is 5.56 Å². The summed E-state index contributed by atoms with van der Waals surface area (Å²) < 4.78 is 25.3. The summed E-state index contributed by atoms with van der Waals surface area (Å²) in [5.41, 5.74) is 1.03. The third-order valence-electron chi connectivity index (χ3n) is 5.25. The first-order valence-electron chi connectivity index (χ1n) is 10.4. The number of ether oxygens (including phenoxy) is 1. The van der Waals surface area contributed by atoms with Gasteiger partial charge in [0.2, 0.25) is 5.91 Å². The Kier molecular flexibility index (Phi) is 5.88. The van der Waals surface area contributed by atoms with E-state index in [4.69, 9.17) is 14.1 Å². The van der Waals surface area contributed by atoms with Crippen LogP contribution in [-0.2, 0) is 22.6 Å². The molecule has 1 N–H and O–H groups in total. The second-order valence-corrected chi connectivity index (χ2v) is 8.42. The lowest BCUT2D eigenvalue weighted by Gasteiger charge is -2.25. The van der Waals surface area contributed by atoms with Crippen LogP contribution in [0.3, 0.4) is 0 Å². The zero-order valence-corrected chi connectivity index (χ0v) is 18.3. The number of benzene rings is 1. The van der Waals surface area contributed by atoms with Gasteiger partial charge in [0.05, 0.1) is 19.5 Å². The first-order valence-corrected chi connectivity index (χ1v) is 11.2. The molecule has 5 rings (SSSR count). The van der Waals surface area contributed by atoms with Gasteiger partial charge >= 0.3 is 5.69 Å². The molecule has 4 aromatic rings. The molecule has 0 aliphatic carbocycles. The molecule has 0 atom stereocenters. The highest BCUT2D eigenvalue weighted by Crippen LogP contribution is 2.33. The molecule has 9 nitrogen and oxygen atoms in total. The fraction of sp³-hybridized carbons (Fsp3) is 0.273. The highest BCUT2D eigenvalue weighted by atomic mass is 32.1. The molecule has 0 spiro atoms. The van der Waals surface area contributed by atoms with Crippen LogP contribution in [0.5, 0.6) is 0 Å². The van der Waals surface area contributed by atoms with Crippen molar-refractivity contribution >= 4 is 32.7 Å². The molecular formula is C22H20FN5O4S. The summed E-state index contributed by atoms with van der Waals surface area (Å²) in [5, 5.41) is 3.49. The van der Waals surface area contributed by atoms with Gasteiger partial charge in [-0.2, -0.15) is 4.98 Å². The molecule has 3 aromatic heterocycles. The molecular weight excluding hydrogens is 449 g/mol. The van der Waals surface area contributed by atoms with Gasteiger partial charge < -0.3 is 19.4 Å². The first kappa shape index (κ1) is 21.3. The minimum absolute atomic E-state index is 0.216. The van der Waals surface area contributed by atoms with Crippen molar-refractivity contribution in [3.8, 4) is 11.5 Å². The number of thiazole rings is 1. The zero-order chi connectivity index (χ0) is 22.8. The molecule has 0 radical (unpaired) electrons. The predicted octanol–water partition coefficient (Wildman–Crippen LogP) is 2.41. The summed E-state index contributed by atoms with van der Waals surface area (Å²) in [4.78, 5) is 37.1. The largest absolute Gasteiger partial charge is 0.463 e. The van der Waals surface area contributed by atoms with Crippen molar-refractivity contribution in [2.75, 3.05) is 31.2 Å². The lowest BCUT2D eigenvalue weighted by molar-refractivity contribution is -0.121.